The molecule has 0 heterocycles. The van der Waals surface area contributed by atoms with Crippen molar-refractivity contribution in [2.24, 2.45) is 11.3 Å². The Hall–Kier alpha value is -0.877. The van der Waals surface area contributed by atoms with Crippen LogP contribution in [0.2, 0.25) is 0 Å². The second-order valence-electron chi connectivity index (χ2n) is 13.6. The van der Waals surface area contributed by atoms with Crippen LogP contribution in [0.25, 0.3) is 21.5 Å². The van der Waals surface area contributed by atoms with Crippen molar-refractivity contribution in [1.82, 2.24) is 0 Å². The van der Waals surface area contributed by atoms with Crippen LogP contribution < -0.4 is 24.8 Å². The molecule has 3 aromatic rings. The van der Waals surface area contributed by atoms with Crippen LogP contribution in [-0.2, 0) is 35.1 Å². The first-order valence-corrected chi connectivity index (χ1v) is 14.5. The van der Waals surface area contributed by atoms with Crippen LogP contribution >= 0.6 is 0 Å². The molecule has 1 atom stereocenters. The van der Waals surface area contributed by atoms with Crippen LogP contribution in [0.3, 0.4) is 0 Å². The van der Waals surface area contributed by atoms with Gasteiger partial charge in [0.2, 0.25) is 0 Å². The average molecular weight is 631 g/mol. The minimum absolute atomic E-state index is 0. The fourth-order valence-corrected chi connectivity index (χ4v) is 4.58. The van der Waals surface area contributed by atoms with Gasteiger partial charge in [-0.2, -0.15) is 11.6 Å². The Kier molecular flexibility index (Phi) is 13.8. The van der Waals surface area contributed by atoms with E-state index in [1.807, 2.05) is 0 Å². The molecule has 4 rings (SSSR count). The van der Waals surface area contributed by atoms with Crippen LogP contribution in [-0.4, -0.2) is 3.21 Å². The summed E-state index contributed by atoms with van der Waals surface area (Å²) in [6.07, 6.45) is 5.71. The zero-order valence-electron chi connectivity index (χ0n) is 26.0. The molecule has 0 saturated carbocycles. The van der Waals surface area contributed by atoms with Crippen LogP contribution in [0, 0.1) is 17.4 Å². The normalized spacial score (nSPS) is 15.3. The predicted octanol–water partition coefficient (Wildman–Crippen LogP) is 4.42. The number of allylic oxidation sites excluding steroid dienone is 4. The molecule has 1 unspecified atom stereocenters. The number of fused-ring (bicyclic) bond motifs is 3. The number of rotatable bonds is 0. The molecule has 0 amide bonds. The molecule has 0 saturated heterocycles. The fraction of sp³-hybridized carbons (Fsp3) is 0.486. The molecule has 3 heteroatoms. The Labute approximate surface area is 261 Å². The molecule has 0 aromatic heterocycles. The van der Waals surface area contributed by atoms with Gasteiger partial charge in [0, 0.05) is 0 Å². The fourth-order valence-electron chi connectivity index (χ4n) is 4.58. The van der Waals surface area contributed by atoms with Gasteiger partial charge in [-0.1, -0.05) is 123 Å². The van der Waals surface area contributed by atoms with Gasteiger partial charge in [0.1, 0.15) is 0 Å². The largest absolute Gasteiger partial charge is 1.00 e. The summed E-state index contributed by atoms with van der Waals surface area (Å²) < 4.78 is 1.51. The van der Waals surface area contributed by atoms with Gasteiger partial charge in [-0.05, 0) is 10.8 Å². The maximum absolute atomic E-state index is 3.40. The summed E-state index contributed by atoms with van der Waals surface area (Å²) in [4.78, 5) is 0. The number of benzene rings is 2. The number of hydrogen-bond acceptors (Lipinski definition) is 0. The molecule has 38 heavy (non-hydrogen) atoms. The van der Waals surface area contributed by atoms with Crippen molar-refractivity contribution in [2.75, 3.05) is 0 Å². The van der Waals surface area contributed by atoms with Gasteiger partial charge in [0.25, 0.3) is 0 Å². The molecule has 0 aliphatic heterocycles. The minimum Gasteiger partial charge on any atom is -1.00 e. The molecule has 0 spiro atoms. The van der Waals surface area contributed by atoms with Gasteiger partial charge in [-0.25, -0.2) is 5.57 Å². The molecule has 0 nitrogen and oxygen atoms in total. The molecule has 0 fully saturated rings. The first-order chi connectivity index (χ1) is 16.3. The standard InChI is InChI=1S/C21H25.C11H17.C3H6.2ClH.Zr/c1-20(2,3)16-9-7-14-11-15-8-10-17(21(4,5)6)13-19(15)18(14)12-16;1-8-6-9(2)10(7-8)11(3,4)5;1-3-2;;;/h7-13H,1-6H3;7-8H,1-5H3;1-2H3;2*1H;/q2*-1;;;;+2/p-2. The summed E-state index contributed by atoms with van der Waals surface area (Å²) >= 11 is 1.55. The molecule has 3 aromatic carbocycles. The summed E-state index contributed by atoms with van der Waals surface area (Å²) in [5.74, 6) is 0.518. The summed E-state index contributed by atoms with van der Waals surface area (Å²) in [7, 11) is 0. The van der Waals surface area contributed by atoms with E-state index in [0.29, 0.717) is 11.3 Å². The van der Waals surface area contributed by atoms with E-state index in [0.717, 1.165) is 0 Å². The Balaban J connectivity index is 0.000000684. The van der Waals surface area contributed by atoms with Gasteiger partial charge in [-0.3, -0.25) is 6.08 Å². The van der Waals surface area contributed by atoms with Crippen molar-refractivity contribution in [1.29, 1.82) is 0 Å². The smallest absolute Gasteiger partial charge is 1.00 e. The molecule has 1 aliphatic rings. The van der Waals surface area contributed by atoms with E-state index in [4.69, 9.17) is 0 Å². The number of halogens is 2. The van der Waals surface area contributed by atoms with E-state index in [-0.39, 0.29) is 35.6 Å². The first kappa shape index (κ1) is 37.1. The third-order valence-electron chi connectivity index (χ3n) is 6.51. The van der Waals surface area contributed by atoms with E-state index >= 15 is 0 Å². The predicted molar refractivity (Wildman–Crippen MR) is 160 cm³/mol. The van der Waals surface area contributed by atoms with E-state index < -0.39 is 0 Å². The van der Waals surface area contributed by atoms with Gasteiger partial charge in [-0.15, -0.1) is 39.7 Å². The van der Waals surface area contributed by atoms with Crippen LogP contribution in [0.4, 0.5) is 0 Å². The first-order valence-electron chi connectivity index (χ1n) is 13.3. The van der Waals surface area contributed by atoms with E-state index in [2.05, 4.69) is 145 Å². The molecule has 1 aliphatic carbocycles. The summed E-state index contributed by atoms with van der Waals surface area (Å²) in [6.45, 7) is 29.0. The zero-order valence-corrected chi connectivity index (χ0v) is 29.9. The van der Waals surface area contributed by atoms with Crippen LogP contribution in [0.15, 0.2) is 59.7 Å². The van der Waals surface area contributed by atoms with Crippen molar-refractivity contribution in [3.05, 3.63) is 76.9 Å². The SMILES string of the molecule is CC(C)(C)c1ccc2[cH-]c3ccc(C(C)(C)C)cc3c2c1.CC1=[C-]C(C)C=C1C(C)(C)C.C[C](C)=[Zr+2].[Cl-].[Cl-]. The molecule has 0 radical (unpaired) electrons. The van der Waals surface area contributed by atoms with Crippen molar-refractivity contribution < 1.29 is 49.0 Å². The quantitative estimate of drug-likeness (QED) is 0.323. The topological polar surface area (TPSA) is 0 Å². The third kappa shape index (κ3) is 10.3. The van der Waals surface area contributed by atoms with Crippen molar-refractivity contribution in [3.8, 4) is 0 Å². The van der Waals surface area contributed by atoms with E-state index in [1.54, 1.807) is 24.2 Å². The summed E-state index contributed by atoms with van der Waals surface area (Å²) in [5.41, 5.74) is 6.29. The molecule has 0 N–H and O–H groups in total. The Bertz CT molecular complexity index is 1210. The Morgan fingerprint density at radius 3 is 1.34 bits per heavy atom. The Morgan fingerprint density at radius 1 is 0.737 bits per heavy atom. The van der Waals surface area contributed by atoms with Gasteiger partial charge < -0.3 is 24.8 Å². The molecular weight excluding hydrogens is 583 g/mol. The van der Waals surface area contributed by atoms with Gasteiger partial charge >= 0.3 is 41.3 Å². The zero-order chi connectivity index (χ0) is 27.6. The van der Waals surface area contributed by atoms with Crippen LogP contribution in [0.5, 0.6) is 0 Å². The van der Waals surface area contributed by atoms with Gasteiger partial charge in [0.05, 0.1) is 0 Å². The average Bonchev–Trinajstić information content (AvgIpc) is 3.24. The summed E-state index contributed by atoms with van der Waals surface area (Å²) in [6, 6.07) is 16.1. The van der Waals surface area contributed by atoms with Crippen molar-refractivity contribution in [3.63, 3.8) is 0 Å². The van der Waals surface area contributed by atoms with Crippen molar-refractivity contribution >= 4 is 24.8 Å². The summed E-state index contributed by atoms with van der Waals surface area (Å²) in [5, 5.41) is 5.49. The second-order valence-corrected chi connectivity index (χ2v) is 16.1. The third-order valence-corrected chi connectivity index (χ3v) is 6.51. The van der Waals surface area contributed by atoms with E-state index in [9.17, 15) is 0 Å². The Morgan fingerprint density at radius 2 is 1.11 bits per heavy atom. The molecule has 0 bridgehead atoms. The maximum atomic E-state index is 3.40. The minimum atomic E-state index is 0. The van der Waals surface area contributed by atoms with Crippen LogP contribution in [0.1, 0.15) is 101 Å². The maximum Gasteiger partial charge on any atom is -1.00 e. The number of hydrogen-bond donors (Lipinski definition) is 0. The molecule has 208 valence electrons. The van der Waals surface area contributed by atoms with E-state index in [1.165, 1.54) is 47.0 Å². The van der Waals surface area contributed by atoms with Crippen molar-refractivity contribution in [2.45, 2.75) is 101 Å². The second kappa shape index (κ2) is 14.1. The monoisotopic (exact) mass is 628 g/mol. The molecular formula is C35H48Cl2Zr-2. The van der Waals surface area contributed by atoms with Gasteiger partial charge in [0.15, 0.2) is 0 Å².